The highest BCUT2D eigenvalue weighted by Crippen LogP contribution is 2.45. The van der Waals surface area contributed by atoms with Gasteiger partial charge in [-0.2, -0.15) is 0 Å². The number of ether oxygens (including phenoxy) is 2. The smallest absolute Gasteiger partial charge is 0.270 e. The van der Waals surface area contributed by atoms with E-state index in [1.807, 2.05) is 0 Å². The van der Waals surface area contributed by atoms with Crippen molar-refractivity contribution in [3.63, 3.8) is 0 Å². The Kier molecular flexibility index (Phi) is 6.03. The van der Waals surface area contributed by atoms with Gasteiger partial charge < -0.3 is 14.8 Å². The van der Waals surface area contributed by atoms with Crippen LogP contribution in [0.2, 0.25) is 0 Å². The van der Waals surface area contributed by atoms with Crippen molar-refractivity contribution in [1.82, 2.24) is 0 Å². The standard InChI is InChI=1S/C21H20F2N2O5S/c1-5-8-25-17-11-19(30-4)18(29-3)10-14(17)12(2)20(31(25,27)28)21(26)24-16-7-6-13(22)9-15(16)23/h5-7,9-11H,1,8H2,2-4H3,(H,24,26). The van der Waals surface area contributed by atoms with Gasteiger partial charge in [-0.15, -0.1) is 6.58 Å². The fourth-order valence-corrected chi connectivity index (χ4v) is 5.02. The summed E-state index contributed by atoms with van der Waals surface area (Å²) >= 11 is 0. The van der Waals surface area contributed by atoms with Crippen molar-refractivity contribution in [2.45, 2.75) is 6.92 Å². The molecule has 0 saturated carbocycles. The Morgan fingerprint density at radius 2 is 1.81 bits per heavy atom. The molecule has 1 heterocycles. The average Bonchev–Trinajstić information content (AvgIpc) is 2.72. The van der Waals surface area contributed by atoms with Crippen molar-refractivity contribution < 1.29 is 31.5 Å². The fraction of sp³-hybridized carbons (Fsp3) is 0.190. The number of rotatable bonds is 6. The number of fused-ring (bicyclic) bond motifs is 1. The lowest BCUT2D eigenvalue weighted by Gasteiger charge is -2.32. The lowest BCUT2D eigenvalue weighted by atomic mass is 10.0. The van der Waals surface area contributed by atoms with Crippen molar-refractivity contribution in [2.24, 2.45) is 0 Å². The number of hydrogen-bond acceptors (Lipinski definition) is 5. The SMILES string of the molecule is C=CCN1c2cc(OC)c(OC)cc2C(C)=C(C(=O)Nc2ccc(F)cc2F)S1(=O)=O. The molecule has 0 spiro atoms. The van der Waals surface area contributed by atoms with E-state index in [0.29, 0.717) is 23.1 Å². The molecule has 1 amide bonds. The summed E-state index contributed by atoms with van der Waals surface area (Å²) in [6.07, 6.45) is 1.37. The molecule has 0 aromatic heterocycles. The number of benzene rings is 2. The van der Waals surface area contributed by atoms with Crippen LogP contribution < -0.4 is 19.1 Å². The van der Waals surface area contributed by atoms with Crippen molar-refractivity contribution in [3.8, 4) is 11.5 Å². The first-order valence-corrected chi connectivity index (χ1v) is 10.5. The van der Waals surface area contributed by atoms with E-state index in [9.17, 15) is 22.0 Å². The van der Waals surface area contributed by atoms with Gasteiger partial charge in [-0.1, -0.05) is 6.08 Å². The number of allylic oxidation sites excluding steroid dienone is 1. The number of methoxy groups -OCH3 is 2. The minimum Gasteiger partial charge on any atom is -0.493 e. The number of amides is 1. The van der Waals surface area contributed by atoms with Gasteiger partial charge in [-0.3, -0.25) is 9.10 Å². The predicted molar refractivity (Wildman–Crippen MR) is 114 cm³/mol. The molecule has 0 saturated heterocycles. The molecule has 3 rings (SSSR count). The molecule has 164 valence electrons. The van der Waals surface area contributed by atoms with Crippen molar-refractivity contribution in [1.29, 1.82) is 0 Å². The van der Waals surface area contributed by atoms with Crippen LogP contribution >= 0.6 is 0 Å². The monoisotopic (exact) mass is 450 g/mol. The van der Waals surface area contributed by atoms with Gasteiger partial charge in [0.1, 0.15) is 11.6 Å². The normalized spacial score (nSPS) is 14.7. The lowest BCUT2D eigenvalue weighted by molar-refractivity contribution is -0.112. The van der Waals surface area contributed by atoms with Crippen LogP contribution in [-0.2, 0) is 14.8 Å². The maximum absolute atomic E-state index is 14.0. The predicted octanol–water partition coefficient (Wildman–Crippen LogP) is 3.69. The highest BCUT2D eigenvalue weighted by atomic mass is 32.2. The largest absolute Gasteiger partial charge is 0.493 e. The third kappa shape index (κ3) is 3.86. The second-order valence-electron chi connectivity index (χ2n) is 6.58. The van der Waals surface area contributed by atoms with Crippen LogP contribution in [-0.4, -0.2) is 35.1 Å². The van der Waals surface area contributed by atoms with E-state index in [1.54, 1.807) is 6.07 Å². The molecule has 31 heavy (non-hydrogen) atoms. The number of carbonyl (C=O) groups excluding carboxylic acids is 1. The average molecular weight is 450 g/mol. The van der Waals surface area contributed by atoms with E-state index in [-0.39, 0.29) is 23.5 Å². The quantitative estimate of drug-likeness (QED) is 0.679. The molecular weight excluding hydrogens is 430 g/mol. The Labute approximate surface area is 178 Å². The zero-order valence-electron chi connectivity index (χ0n) is 17.0. The second-order valence-corrected chi connectivity index (χ2v) is 8.38. The minimum absolute atomic E-state index is 0.125. The highest BCUT2D eigenvalue weighted by molar-refractivity contribution is 7.97. The molecule has 2 aromatic rings. The summed E-state index contributed by atoms with van der Waals surface area (Å²) in [5.41, 5.74) is 0.477. The van der Waals surface area contributed by atoms with Gasteiger partial charge in [0.25, 0.3) is 15.9 Å². The zero-order valence-corrected chi connectivity index (χ0v) is 17.8. The molecule has 0 unspecified atom stereocenters. The molecule has 10 heteroatoms. The Bertz CT molecular complexity index is 1210. The molecule has 0 radical (unpaired) electrons. The summed E-state index contributed by atoms with van der Waals surface area (Å²) < 4.78 is 65.4. The number of sulfonamides is 1. The Morgan fingerprint density at radius 1 is 1.16 bits per heavy atom. The van der Waals surface area contributed by atoms with Gasteiger partial charge in [-0.25, -0.2) is 17.2 Å². The van der Waals surface area contributed by atoms with Gasteiger partial charge >= 0.3 is 0 Å². The van der Waals surface area contributed by atoms with Crippen LogP contribution in [0, 0.1) is 11.6 Å². The summed E-state index contributed by atoms with van der Waals surface area (Å²) in [7, 11) is -1.50. The Balaban J connectivity index is 2.20. The van der Waals surface area contributed by atoms with E-state index in [1.165, 1.54) is 33.3 Å². The van der Waals surface area contributed by atoms with Crippen molar-refractivity contribution in [2.75, 3.05) is 30.4 Å². The summed E-state index contributed by atoms with van der Waals surface area (Å²) in [4.78, 5) is 12.4. The van der Waals surface area contributed by atoms with Crippen LogP contribution in [0.5, 0.6) is 11.5 Å². The summed E-state index contributed by atoms with van der Waals surface area (Å²) in [6.45, 7) is 4.92. The van der Waals surface area contributed by atoms with E-state index < -0.39 is 32.5 Å². The number of nitrogens with zero attached hydrogens (tertiary/aromatic N) is 1. The molecule has 0 aliphatic carbocycles. The molecule has 0 atom stereocenters. The van der Waals surface area contributed by atoms with Gasteiger partial charge in [0.2, 0.25) is 0 Å². The molecule has 0 bridgehead atoms. The molecule has 2 aromatic carbocycles. The van der Waals surface area contributed by atoms with E-state index in [4.69, 9.17) is 9.47 Å². The topological polar surface area (TPSA) is 84.9 Å². The molecule has 1 aliphatic heterocycles. The Morgan fingerprint density at radius 3 is 2.39 bits per heavy atom. The number of anilines is 2. The molecular formula is C21H20F2N2O5S. The molecule has 1 aliphatic rings. The van der Waals surface area contributed by atoms with Crippen molar-refractivity contribution in [3.05, 3.63) is 65.1 Å². The first kappa shape index (κ1) is 22.3. The lowest BCUT2D eigenvalue weighted by Crippen LogP contribution is -2.39. The van der Waals surface area contributed by atoms with Gasteiger partial charge in [0, 0.05) is 17.7 Å². The maximum Gasteiger partial charge on any atom is 0.270 e. The van der Waals surface area contributed by atoms with E-state index >= 15 is 0 Å². The van der Waals surface area contributed by atoms with Crippen LogP contribution in [0.3, 0.4) is 0 Å². The zero-order chi connectivity index (χ0) is 22.9. The second kappa shape index (κ2) is 8.38. The summed E-state index contributed by atoms with van der Waals surface area (Å²) in [5.74, 6) is -2.28. The first-order valence-electron chi connectivity index (χ1n) is 9.03. The van der Waals surface area contributed by atoms with Crippen LogP contribution in [0.15, 0.2) is 47.9 Å². The van der Waals surface area contributed by atoms with Crippen LogP contribution in [0.1, 0.15) is 12.5 Å². The fourth-order valence-electron chi connectivity index (χ4n) is 3.30. The third-order valence-corrected chi connectivity index (χ3v) is 6.68. The first-order chi connectivity index (χ1) is 14.6. The molecule has 1 N–H and O–H groups in total. The number of hydrogen-bond donors (Lipinski definition) is 1. The highest BCUT2D eigenvalue weighted by Gasteiger charge is 2.40. The molecule has 7 nitrogen and oxygen atoms in total. The molecule has 0 fully saturated rings. The third-order valence-electron chi connectivity index (χ3n) is 4.74. The number of nitrogens with one attached hydrogen (secondary N) is 1. The van der Waals surface area contributed by atoms with Crippen molar-refractivity contribution >= 4 is 32.9 Å². The van der Waals surface area contributed by atoms with E-state index in [2.05, 4.69) is 11.9 Å². The van der Waals surface area contributed by atoms with Gasteiger partial charge in [0.15, 0.2) is 16.4 Å². The maximum atomic E-state index is 14.0. The van der Waals surface area contributed by atoms with Gasteiger partial charge in [-0.05, 0) is 30.7 Å². The summed E-state index contributed by atoms with van der Waals surface area (Å²) in [6, 6.07) is 5.60. The van der Waals surface area contributed by atoms with E-state index in [0.717, 1.165) is 16.4 Å². The number of carbonyl (C=O) groups is 1. The summed E-state index contributed by atoms with van der Waals surface area (Å²) in [5, 5.41) is 2.21. The van der Waals surface area contributed by atoms with Gasteiger partial charge in [0.05, 0.1) is 32.1 Å². The minimum atomic E-state index is -4.34. The number of halogens is 2. The Hall–Kier alpha value is -3.40. The van der Waals surface area contributed by atoms with Crippen LogP contribution in [0.4, 0.5) is 20.2 Å². The van der Waals surface area contributed by atoms with Crippen LogP contribution in [0.25, 0.3) is 5.57 Å².